The Balaban J connectivity index is 1.49. The molecule has 0 unspecified atom stereocenters. The Morgan fingerprint density at radius 2 is 1.69 bits per heavy atom. The van der Waals surface area contributed by atoms with Gasteiger partial charge in [-0.05, 0) is 68.1 Å². The summed E-state index contributed by atoms with van der Waals surface area (Å²) in [6, 6.07) is 12.7. The number of imide groups is 1. The highest BCUT2D eigenvalue weighted by Gasteiger charge is 2.39. The third-order valence-electron chi connectivity index (χ3n) is 5.85. The second-order valence-corrected chi connectivity index (χ2v) is 8.75. The minimum Gasteiger partial charge on any atom is -0.462 e. The molecular weight excluding hydrogens is 470 g/mol. The number of hydrogen-bond acceptors (Lipinski definition) is 6. The van der Waals surface area contributed by atoms with Crippen LogP contribution in [0.4, 0.5) is 11.4 Å². The number of nitrogens with one attached hydrogen (secondary N) is 1. The topological polar surface area (TPSA) is 96.0 Å². The quantitative estimate of drug-likeness (QED) is 0.454. The summed E-state index contributed by atoms with van der Waals surface area (Å²) in [4.78, 5) is 53.5. The molecule has 2 heterocycles. The first kappa shape index (κ1) is 24.5. The van der Waals surface area contributed by atoms with Crippen molar-refractivity contribution in [3.63, 3.8) is 0 Å². The van der Waals surface area contributed by atoms with Gasteiger partial charge in [0.25, 0.3) is 17.7 Å². The van der Waals surface area contributed by atoms with Crippen LogP contribution in [-0.4, -0.2) is 48.3 Å². The number of hydrogen-bond donors (Lipinski definition) is 1. The lowest BCUT2D eigenvalue weighted by molar-refractivity contribution is -0.120. The Hall–Kier alpha value is -3.65. The van der Waals surface area contributed by atoms with Crippen LogP contribution in [0, 0.1) is 0 Å². The molecule has 0 aromatic heterocycles. The number of amides is 3. The summed E-state index contributed by atoms with van der Waals surface area (Å²) < 4.78 is 5.10. The zero-order chi connectivity index (χ0) is 24.9. The van der Waals surface area contributed by atoms with Crippen LogP contribution in [0.2, 0.25) is 0 Å². The molecule has 1 N–H and O–H groups in total. The van der Waals surface area contributed by atoms with E-state index in [9.17, 15) is 19.2 Å². The minimum atomic E-state index is -0.680. The molecule has 0 spiro atoms. The number of anilines is 2. The van der Waals surface area contributed by atoms with Crippen LogP contribution >= 0.6 is 11.6 Å². The zero-order valence-electron chi connectivity index (χ0n) is 19.4. The molecule has 35 heavy (non-hydrogen) atoms. The van der Waals surface area contributed by atoms with Crippen molar-refractivity contribution in [2.75, 3.05) is 29.9 Å². The minimum absolute atomic E-state index is 0.0681. The van der Waals surface area contributed by atoms with E-state index >= 15 is 0 Å². The molecule has 0 saturated carbocycles. The van der Waals surface area contributed by atoms with Gasteiger partial charge in [-0.15, -0.1) is 0 Å². The summed E-state index contributed by atoms with van der Waals surface area (Å²) in [5.74, 6) is -1.86. The molecule has 0 aliphatic carbocycles. The van der Waals surface area contributed by atoms with E-state index in [1.165, 1.54) is 24.3 Å². The van der Waals surface area contributed by atoms with Gasteiger partial charge < -0.3 is 15.0 Å². The maximum absolute atomic E-state index is 13.1. The van der Waals surface area contributed by atoms with E-state index < -0.39 is 17.8 Å². The van der Waals surface area contributed by atoms with Gasteiger partial charge >= 0.3 is 5.97 Å². The van der Waals surface area contributed by atoms with Gasteiger partial charge in [-0.25, -0.2) is 9.69 Å². The van der Waals surface area contributed by atoms with Crippen LogP contribution in [0.3, 0.4) is 0 Å². The van der Waals surface area contributed by atoms with Crippen LogP contribution in [0.15, 0.2) is 59.3 Å². The predicted molar refractivity (Wildman–Crippen MR) is 132 cm³/mol. The molecule has 2 aliphatic heterocycles. The highest BCUT2D eigenvalue weighted by molar-refractivity contribution is 6.53. The van der Waals surface area contributed by atoms with Crippen molar-refractivity contribution in [1.82, 2.24) is 4.90 Å². The van der Waals surface area contributed by atoms with Gasteiger partial charge in [0.2, 0.25) is 0 Å². The van der Waals surface area contributed by atoms with E-state index in [4.69, 9.17) is 16.3 Å². The van der Waals surface area contributed by atoms with E-state index in [0.717, 1.165) is 37.3 Å². The Bertz CT molecular complexity index is 1190. The number of likely N-dealkylation sites (tertiary alicyclic amines) is 1. The predicted octanol–water partition coefficient (Wildman–Crippen LogP) is 4.32. The third kappa shape index (κ3) is 5.22. The average Bonchev–Trinajstić information content (AvgIpc) is 3.10. The molecule has 0 atom stereocenters. The van der Waals surface area contributed by atoms with E-state index in [1.54, 1.807) is 24.3 Å². The fourth-order valence-corrected chi connectivity index (χ4v) is 4.24. The fraction of sp³-hybridized carbons (Fsp3) is 0.308. The Labute approximate surface area is 208 Å². The SMILES string of the molecule is CCCOC(=O)c1ccc(N2C(=O)C(Cl)=C(Nc3cccc(C(=O)N4CCCCC4)c3)C2=O)cc1. The highest BCUT2D eigenvalue weighted by atomic mass is 35.5. The van der Waals surface area contributed by atoms with E-state index in [1.807, 2.05) is 11.8 Å². The lowest BCUT2D eigenvalue weighted by Crippen LogP contribution is -2.35. The number of ether oxygens (including phenoxy) is 1. The highest BCUT2D eigenvalue weighted by Crippen LogP contribution is 2.30. The van der Waals surface area contributed by atoms with Crippen molar-refractivity contribution in [3.8, 4) is 0 Å². The number of halogens is 1. The average molecular weight is 496 g/mol. The smallest absolute Gasteiger partial charge is 0.338 e. The second kappa shape index (κ2) is 10.7. The lowest BCUT2D eigenvalue weighted by atomic mass is 10.1. The number of piperidine rings is 1. The van der Waals surface area contributed by atoms with Gasteiger partial charge in [0.05, 0.1) is 17.9 Å². The molecule has 0 bridgehead atoms. The number of carbonyl (C=O) groups is 4. The van der Waals surface area contributed by atoms with Gasteiger partial charge in [-0.3, -0.25) is 14.4 Å². The molecule has 3 amide bonds. The number of nitrogens with zero attached hydrogens (tertiary/aromatic N) is 2. The number of rotatable bonds is 7. The second-order valence-electron chi connectivity index (χ2n) is 8.38. The monoisotopic (exact) mass is 495 g/mol. The Morgan fingerprint density at radius 3 is 2.37 bits per heavy atom. The summed E-state index contributed by atoms with van der Waals surface area (Å²) in [6.45, 7) is 3.66. The van der Waals surface area contributed by atoms with Crippen molar-refractivity contribution in [2.24, 2.45) is 0 Å². The molecule has 8 nitrogen and oxygen atoms in total. The number of benzene rings is 2. The summed E-state index contributed by atoms with van der Waals surface area (Å²) in [7, 11) is 0. The molecular formula is C26H26ClN3O5. The summed E-state index contributed by atoms with van der Waals surface area (Å²) in [5, 5.41) is 2.66. The van der Waals surface area contributed by atoms with Crippen molar-refractivity contribution in [1.29, 1.82) is 0 Å². The van der Waals surface area contributed by atoms with Gasteiger partial charge in [0, 0.05) is 24.3 Å². The van der Waals surface area contributed by atoms with Gasteiger partial charge in [-0.1, -0.05) is 24.6 Å². The molecule has 0 radical (unpaired) electrons. The maximum atomic E-state index is 13.1. The Kier molecular flexibility index (Phi) is 7.51. The van der Waals surface area contributed by atoms with Crippen molar-refractivity contribution < 1.29 is 23.9 Å². The molecule has 182 valence electrons. The lowest BCUT2D eigenvalue weighted by Gasteiger charge is -2.26. The van der Waals surface area contributed by atoms with Crippen molar-refractivity contribution >= 4 is 46.7 Å². The molecule has 1 saturated heterocycles. The van der Waals surface area contributed by atoms with Crippen LogP contribution < -0.4 is 10.2 Å². The van der Waals surface area contributed by atoms with Crippen LogP contribution in [0.25, 0.3) is 0 Å². The third-order valence-corrected chi connectivity index (χ3v) is 6.20. The first-order chi connectivity index (χ1) is 16.9. The summed E-state index contributed by atoms with van der Waals surface area (Å²) in [5.41, 5.74) is 1.47. The normalized spacial score (nSPS) is 16.1. The van der Waals surface area contributed by atoms with E-state index in [2.05, 4.69) is 5.32 Å². The van der Waals surface area contributed by atoms with Crippen molar-refractivity contribution in [2.45, 2.75) is 32.6 Å². The summed E-state index contributed by atoms with van der Waals surface area (Å²) in [6.07, 6.45) is 3.80. The van der Waals surface area contributed by atoms with E-state index in [0.29, 0.717) is 29.8 Å². The number of carbonyl (C=O) groups excluding carboxylic acids is 4. The van der Waals surface area contributed by atoms with Crippen molar-refractivity contribution in [3.05, 3.63) is 70.4 Å². The summed E-state index contributed by atoms with van der Waals surface area (Å²) >= 11 is 6.24. The van der Waals surface area contributed by atoms with Gasteiger partial charge in [0.15, 0.2) is 0 Å². The van der Waals surface area contributed by atoms with Gasteiger partial charge in [0.1, 0.15) is 10.7 Å². The Morgan fingerprint density at radius 1 is 0.971 bits per heavy atom. The zero-order valence-corrected chi connectivity index (χ0v) is 20.1. The molecule has 2 aromatic rings. The molecule has 2 aromatic carbocycles. The van der Waals surface area contributed by atoms with E-state index in [-0.39, 0.29) is 22.3 Å². The first-order valence-corrected chi connectivity index (χ1v) is 12.0. The van der Waals surface area contributed by atoms with Gasteiger partial charge in [-0.2, -0.15) is 0 Å². The standard InChI is InChI=1S/C26H26ClN3O5/c1-2-15-35-26(34)17-9-11-20(12-10-17)30-24(32)21(27)22(25(30)33)28-19-8-6-7-18(16-19)23(31)29-13-4-3-5-14-29/h6-12,16,28H,2-5,13-15H2,1H3. The largest absolute Gasteiger partial charge is 0.462 e. The fourth-order valence-electron chi connectivity index (χ4n) is 4.02. The molecule has 1 fully saturated rings. The van der Waals surface area contributed by atoms with Crippen LogP contribution in [-0.2, 0) is 14.3 Å². The maximum Gasteiger partial charge on any atom is 0.338 e. The van der Waals surface area contributed by atoms with Crippen LogP contribution in [0.5, 0.6) is 0 Å². The number of esters is 1. The first-order valence-electron chi connectivity index (χ1n) is 11.6. The van der Waals surface area contributed by atoms with Crippen LogP contribution in [0.1, 0.15) is 53.3 Å². The molecule has 4 rings (SSSR count). The molecule has 9 heteroatoms. The molecule has 2 aliphatic rings.